The molecule has 3 rings (SSSR count). The third-order valence-electron chi connectivity index (χ3n) is 2.87. The SMILES string of the molecule is OBOc1nc(-c2ccccc2)nc(-c2ccccc2)n1. The fraction of sp³-hybridized carbons (Fsp3) is 0. The highest BCUT2D eigenvalue weighted by Gasteiger charge is 2.10. The van der Waals surface area contributed by atoms with Gasteiger partial charge in [-0.15, -0.1) is 0 Å². The molecule has 0 spiro atoms. The van der Waals surface area contributed by atoms with Crippen molar-refractivity contribution in [3.63, 3.8) is 0 Å². The molecule has 1 aromatic heterocycles. The Morgan fingerprint density at radius 1 is 0.714 bits per heavy atom. The van der Waals surface area contributed by atoms with Crippen molar-refractivity contribution in [1.82, 2.24) is 15.0 Å². The van der Waals surface area contributed by atoms with Crippen molar-refractivity contribution < 1.29 is 9.68 Å². The highest BCUT2D eigenvalue weighted by atomic mass is 16.5. The summed E-state index contributed by atoms with van der Waals surface area (Å²) in [6.07, 6.45) is 0. The standard InChI is InChI=1S/C15H12BN3O2/c20-16-21-15-18-13(11-7-3-1-4-8-11)17-14(19-15)12-9-5-2-6-10-12/h1-10,16,20H. The van der Waals surface area contributed by atoms with Crippen LogP contribution in [0.15, 0.2) is 60.7 Å². The summed E-state index contributed by atoms with van der Waals surface area (Å²) >= 11 is 0. The van der Waals surface area contributed by atoms with E-state index in [0.29, 0.717) is 11.6 Å². The first-order valence-corrected chi connectivity index (χ1v) is 6.47. The summed E-state index contributed by atoms with van der Waals surface area (Å²) in [5, 5.41) is 8.92. The quantitative estimate of drug-likeness (QED) is 0.737. The summed E-state index contributed by atoms with van der Waals surface area (Å²) < 4.78 is 5.02. The van der Waals surface area contributed by atoms with Crippen molar-refractivity contribution in [3.8, 4) is 28.8 Å². The number of rotatable bonds is 4. The van der Waals surface area contributed by atoms with Gasteiger partial charge in [0.1, 0.15) is 0 Å². The topological polar surface area (TPSA) is 68.1 Å². The first kappa shape index (κ1) is 13.3. The van der Waals surface area contributed by atoms with Crippen molar-refractivity contribution in [2.24, 2.45) is 0 Å². The van der Waals surface area contributed by atoms with Crippen LogP contribution in [0.25, 0.3) is 22.8 Å². The Kier molecular flexibility index (Phi) is 3.89. The summed E-state index contributed by atoms with van der Waals surface area (Å²) in [7, 11) is -0.480. The van der Waals surface area contributed by atoms with E-state index in [1.54, 1.807) is 0 Å². The molecule has 0 saturated carbocycles. The van der Waals surface area contributed by atoms with Gasteiger partial charge in [-0.05, 0) is 0 Å². The number of hydrogen-bond acceptors (Lipinski definition) is 5. The van der Waals surface area contributed by atoms with E-state index in [1.165, 1.54) is 0 Å². The fourth-order valence-corrected chi connectivity index (χ4v) is 1.91. The first-order valence-electron chi connectivity index (χ1n) is 6.47. The van der Waals surface area contributed by atoms with Crippen LogP contribution in [0.3, 0.4) is 0 Å². The van der Waals surface area contributed by atoms with E-state index in [-0.39, 0.29) is 6.01 Å². The summed E-state index contributed by atoms with van der Waals surface area (Å²) in [5.74, 6) is 1.01. The molecular weight excluding hydrogens is 265 g/mol. The summed E-state index contributed by atoms with van der Waals surface area (Å²) in [4.78, 5) is 12.9. The van der Waals surface area contributed by atoms with Gasteiger partial charge in [0.15, 0.2) is 11.6 Å². The number of benzene rings is 2. The van der Waals surface area contributed by atoms with E-state index in [9.17, 15) is 0 Å². The van der Waals surface area contributed by atoms with Crippen LogP contribution in [0, 0.1) is 0 Å². The minimum absolute atomic E-state index is 0.102. The van der Waals surface area contributed by atoms with E-state index >= 15 is 0 Å². The molecule has 1 heterocycles. The molecule has 0 amide bonds. The molecule has 1 N–H and O–H groups in total. The number of hydrogen-bond donors (Lipinski definition) is 1. The van der Waals surface area contributed by atoms with E-state index in [1.807, 2.05) is 60.7 Å². The molecule has 3 aromatic rings. The largest absolute Gasteiger partial charge is 0.510 e. The van der Waals surface area contributed by atoms with Crippen molar-refractivity contribution in [1.29, 1.82) is 0 Å². The second-order valence-electron chi connectivity index (χ2n) is 4.27. The van der Waals surface area contributed by atoms with E-state index in [2.05, 4.69) is 15.0 Å². The number of nitrogens with zero attached hydrogens (tertiary/aromatic N) is 3. The van der Waals surface area contributed by atoms with Crippen molar-refractivity contribution in [2.45, 2.75) is 0 Å². The average molecular weight is 277 g/mol. The molecule has 0 bridgehead atoms. The lowest BCUT2D eigenvalue weighted by molar-refractivity contribution is 0.430. The van der Waals surface area contributed by atoms with E-state index in [4.69, 9.17) is 9.68 Å². The van der Waals surface area contributed by atoms with Crippen molar-refractivity contribution >= 4 is 7.69 Å². The van der Waals surface area contributed by atoms with Crippen LogP contribution >= 0.6 is 0 Å². The lowest BCUT2D eigenvalue weighted by Gasteiger charge is -2.07. The maximum Gasteiger partial charge on any atom is 0.506 e. The predicted molar refractivity (Wildman–Crippen MR) is 80.7 cm³/mol. The minimum atomic E-state index is -0.480. The molecule has 5 nitrogen and oxygen atoms in total. The van der Waals surface area contributed by atoms with Crippen LogP contribution in [0.5, 0.6) is 6.01 Å². The van der Waals surface area contributed by atoms with Gasteiger partial charge in [0, 0.05) is 11.1 Å². The Bertz CT molecular complexity index is 666. The third kappa shape index (κ3) is 3.06. The zero-order chi connectivity index (χ0) is 14.5. The van der Waals surface area contributed by atoms with Crippen LogP contribution in [0.4, 0.5) is 0 Å². The van der Waals surface area contributed by atoms with Crippen molar-refractivity contribution in [2.75, 3.05) is 0 Å². The molecule has 0 aliphatic heterocycles. The van der Waals surface area contributed by atoms with Gasteiger partial charge in [0.05, 0.1) is 0 Å². The van der Waals surface area contributed by atoms with E-state index < -0.39 is 7.69 Å². The highest BCUT2D eigenvalue weighted by molar-refractivity contribution is 6.17. The molecule has 102 valence electrons. The van der Waals surface area contributed by atoms with Gasteiger partial charge >= 0.3 is 13.7 Å². The maximum absolute atomic E-state index is 8.92. The van der Waals surface area contributed by atoms with Gasteiger partial charge in [-0.3, -0.25) is 0 Å². The van der Waals surface area contributed by atoms with Gasteiger partial charge in [-0.1, -0.05) is 60.7 Å². The molecule has 0 atom stereocenters. The second-order valence-corrected chi connectivity index (χ2v) is 4.27. The fourth-order valence-electron chi connectivity index (χ4n) is 1.91. The molecule has 0 unspecified atom stereocenters. The predicted octanol–water partition coefficient (Wildman–Crippen LogP) is 1.84. The molecule has 2 aromatic carbocycles. The Morgan fingerprint density at radius 3 is 1.62 bits per heavy atom. The average Bonchev–Trinajstić information content (AvgIpc) is 2.56. The maximum atomic E-state index is 8.92. The second kappa shape index (κ2) is 6.15. The molecule has 6 heteroatoms. The normalized spacial score (nSPS) is 10.1. The molecule has 0 fully saturated rings. The molecule has 0 saturated heterocycles. The van der Waals surface area contributed by atoms with Gasteiger partial charge in [0.25, 0.3) is 0 Å². The van der Waals surface area contributed by atoms with Crippen LogP contribution in [-0.4, -0.2) is 27.7 Å². The van der Waals surface area contributed by atoms with E-state index in [0.717, 1.165) is 11.1 Å². The zero-order valence-electron chi connectivity index (χ0n) is 11.2. The minimum Gasteiger partial charge on any atom is -0.510 e. The van der Waals surface area contributed by atoms with Gasteiger partial charge in [0.2, 0.25) is 0 Å². The molecule has 0 aliphatic rings. The lowest BCUT2D eigenvalue weighted by atomic mass is 10.2. The van der Waals surface area contributed by atoms with Crippen molar-refractivity contribution in [3.05, 3.63) is 60.7 Å². The highest BCUT2D eigenvalue weighted by Crippen LogP contribution is 2.21. The lowest BCUT2D eigenvalue weighted by Crippen LogP contribution is -2.06. The smallest absolute Gasteiger partial charge is 0.506 e. The van der Waals surface area contributed by atoms with Crippen LogP contribution in [0.1, 0.15) is 0 Å². The van der Waals surface area contributed by atoms with Crippen LogP contribution in [0.2, 0.25) is 0 Å². The third-order valence-corrected chi connectivity index (χ3v) is 2.87. The molecular formula is C15H12BN3O2. The Hall–Kier alpha value is -2.73. The zero-order valence-corrected chi connectivity index (χ0v) is 11.2. The molecule has 0 radical (unpaired) electrons. The molecule has 21 heavy (non-hydrogen) atoms. The summed E-state index contributed by atoms with van der Waals surface area (Å²) in [6, 6.07) is 19.2. The first-order chi connectivity index (χ1) is 10.4. The van der Waals surface area contributed by atoms with Gasteiger partial charge < -0.3 is 9.68 Å². The Balaban J connectivity index is 2.11. The van der Waals surface area contributed by atoms with Gasteiger partial charge in [-0.2, -0.15) is 9.97 Å². The Labute approximate surface area is 122 Å². The van der Waals surface area contributed by atoms with Crippen LogP contribution in [-0.2, 0) is 0 Å². The summed E-state index contributed by atoms with van der Waals surface area (Å²) in [6.45, 7) is 0. The number of aromatic nitrogens is 3. The Morgan fingerprint density at radius 2 is 1.19 bits per heavy atom. The monoisotopic (exact) mass is 277 g/mol. The summed E-state index contributed by atoms with van der Waals surface area (Å²) in [5.41, 5.74) is 1.72. The van der Waals surface area contributed by atoms with Crippen LogP contribution < -0.4 is 4.65 Å². The molecule has 0 aliphatic carbocycles. The van der Waals surface area contributed by atoms with Gasteiger partial charge in [-0.25, -0.2) is 4.98 Å².